The van der Waals surface area contributed by atoms with E-state index in [1.807, 2.05) is 31.3 Å². The quantitative estimate of drug-likeness (QED) is 0.127. The number of nitrogens with zero attached hydrogens (tertiary/aromatic N) is 9. The molecular formula is C40H48FN13O4S. The lowest BCUT2D eigenvalue weighted by molar-refractivity contribution is -0.120. The minimum atomic E-state index is -1.53. The molecule has 2 unspecified atom stereocenters. The highest BCUT2D eigenvalue weighted by Gasteiger charge is 2.31. The van der Waals surface area contributed by atoms with Crippen LogP contribution >= 0.6 is 0 Å². The first-order valence-corrected chi connectivity index (χ1v) is 21.0. The van der Waals surface area contributed by atoms with Gasteiger partial charge in [0.05, 0.1) is 22.2 Å². The Morgan fingerprint density at radius 2 is 1.93 bits per heavy atom. The van der Waals surface area contributed by atoms with Crippen LogP contribution in [0.25, 0.3) is 22.1 Å². The summed E-state index contributed by atoms with van der Waals surface area (Å²) in [6.45, 7) is 8.18. The number of urea groups is 1. The molecule has 3 aliphatic rings. The Morgan fingerprint density at radius 3 is 2.66 bits per heavy atom. The number of likely N-dealkylation sites (tertiary alicyclic amines) is 1. The van der Waals surface area contributed by atoms with Crippen LogP contribution < -0.4 is 26.0 Å². The summed E-state index contributed by atoms with van der Waals surface area (Å²) in [4.78, 5) is 37.5. The number of aromatic nitrogens is 6. The summed E-state index contributed by atoms with van der Waals surface area (Å²) in [6, 6.07) is 10.4. The van der Waals surface area contributed by atoms with Gasteiger partial charge in [0, 0.05) is 63.0 Å². The van der Waals surface area contributed by atoms with Crippen molar-refractivity contribution < 1.29 is 22.9 Å². The SMILES string of the molecule is CC(C)Oc1c(/C(C=N)=C/N)ncn2nc(Nc3ccc(S(=O)N4CCCC(CN5CCC(c6ccc7c(N8CCC(=O)NC8=O)nn(C)c7c6)CC5)C4)cc3F)nc12. The highest BCUT2D eigenvalue weighted by Crippen LogP contribution is 2.35. The van der Waals surface area contributed by atoms with E-state index in [1.165, 1.54) is 33.6 Å². The van der Waals surface area contributed by atoms with Crippen molar-refractivity contribution in [3.8, 4) is 5.75 Å². The summed E-state index contributed by atoms with van der Waals surface area (Å²) in [6.07, 6.45) is 7.77. The Bertz CT molecular complexity index is 2480. The van der Waals surface area contributed by atoms with E-state index in [4.69, 9.17) is 15.9 Å². The lowest BCUT2D eigenvalue weighted by Gasteiger charge is -2.38. The number of halogens is 1. The number of aryl methyl sites for hydroxylation is 1. The van der Waals surface area contributed by atoms with Gasteiger partial charge < -0.3 is 26.1 Å². The van der Waals surface area contributed by atoms with Gasteiger partial charge in [-0.25, -0.2) is 22.7 Å². The van der Waals surface area contributed by atoms with Crippen molar-refractivity contribution in [3.63, 3.8) is 0 Å². The number of imide groups is 1. The van der Waals surface area contributed by atoms with Gasteiger partial charge in [-0.1, -0.05) is 6.07 Å². The number of carbonyl (C=O) groups is 2. The summed E-state index contributed by atoms with van der Waals surface area (Å²) >= 11 is 0. The Balaban J connectivity index is 0.870. The van der Waals surface area contributed by atoms with E-state index in [9.17, 15) is 13.8 Å². The molecule has 3 aromatic heterocycles. The number of ether oxygens (including phenoxy) is 1. The minimum Gasteiger partial charge on any atom is -0.485 e. The van der Waals surface area contributed by atoms with Gasteiger partial charge in [-0.05, 0) is 100 Å². The summed E-state index contributed by atoms with van der Waals surface area (Å²) in [5.74, 6) is 0.849. The van der Waals surface area contributed by atoms with E-state index in [0.29, 0.717) is 64.8 Å². The molecule has 0 aliphatic carbocycles. The van der Waals surface area contributed by atoms with Gasteiger partial charge in [0.25, 0.3) is 0 Å². The Hall–Kier alpha value is -5.79. The smallest absolute Gasteiger partial charge is 0.329 e. The molecule has 3 aliphatic heterocycles. The van der Waals surface area contributed by atoms with E-state index < -0.39 is 22.8 Å². The minimum absolute atomic E-state index is 0.106. The summed E-state index contributed by atoms with van der Waals surface area (Å²) in [5.41, 5.74) is 9.05. The highest BCUT2D eigenvalue weighted by molar-refractivity contribution is 7.82. The molecule has 0 bridgehead atoms. The van der Waals surface area contributed by atoms with Gasteiger partial charge >= 0.3 is 6.03 Å². The zero-order valence-corrected chi connectivity index (χ0v) is 34.0. The summed E-state index contributed by atoms with van der Waals surface area (Å²) in [7, 11) is 0.342. The van der Waals surface area contributed by atoms with Crippen LogP contribution in [0.3, 0.4) is 0 Å². The number of fused-ring (bicyclic) bond motifs is 2. The number of anilines is 3. The third-order valence-corrected chi connectivity index (χ3v) is 12.6. The van der Waals surface area contributed by atoms with E-state index >= 15 is 4.39 Å². The zero-order chi connectivity index (χ0) is 41.4. The van der Waals surface area contributed by atoms with Crippen LogP contribution in [-0.2, 0) is 22.8 Å². The molecule has 0 saturated carbocycles. The number of nitrogens with two attached hydrogens (primary N) is 1. The van der Waals surface area contributed by atoms with Gasteiger partial charge in [0.1, 0.15) is 28.8 Å². The number of carbonyl (C=O) groups excluding carboxylic acids is 2. The van der Waals surface area contributed by atoms with Crippen LogP contribution in [0.1, 0.15) is 63.1 Å². The number of hydrogen-bond acceptors (Lipinski definition) is 12. The van der Waals surface area contributed by atoms with Crippen molar-refractivity contribution in [2.75, 3.05) is 49.5 Å². The number of allylic oxidation sites excluding steroid dienone is 1. The Kier molecular flexibility index (Phi) is 11.4. The first-order chi connectivity index (χ1) is 28.5. The fourth-order valence-electron chi connectivity index (χ4n) is 8.22. The van der Waals surface area contributed by atoms with Crippen LogP contribution in [0.15, 0.2) is 53.8 Å². The number of hydrogen-bond donors (Lipinski definition) is 4. The maximum absolute atomic E-state index is 15.6. The van der Waals surface area contributed by atoms with Crippen LogP contribution in [0.5, 0.6) is 5.75 Å². The Labute approximate surface area is 342 Å². The average Bonchev–Trinajstić information content (AvgIpc) is 3.79. The fraction of sp³-hybridized carbons (Fsp3) is 0.425. The first kappa shape index (κ1) is 40.0. The maximum Gasteiger partial charge on any atom is 0.329 e. The van der Waals surface area contributed by atoms with Crippen molar-refractivity contribution in [2.45, 2.75) is 62.9 Å². The average molecular weight is 826 g/mol. The van der Waals surface area contributed by atoms with Crippen molar-refractivity contribution in [3.05, 3.63) is 66.0 Å². The molecule has 2 atom stereocenters. The van der Waals surface area contributed by atoms with Crippen LogP contribution in [-0.4, -0.2) is 106 Å². The zero-order valence-electron chi connectivity index (χ0n) is 33.2. The number of rotatable bonds is 12. The second kappa shape index (κ2) is 16.8. The molecule has 19 heteroatoms. The largest absolute Gasteiger partial charge is 0.485 e. The van der Waals surface area contributed by atoms with Crippen LogP contribution in [0.2, 0.25) is 0 Å². The van der Waals surface area contributed by atoms with Crippen LogP contribution in [0, 0.1) is 17.1 Å². The molecule has 3 fully saturated rings. The van der Waals surface area contributed by atoms with Gasteiger partial charge in [0.15, 0.2) is 11.6 Å². The molecule has 3 saturated heterocycles. The monoisotopic (exact) mass is 825 g/mol. The molecule has 0 radical (unpaired) electrons. The van der Waals surface area contributed by atoms with E-state index in [1.54, 1.807) is 16.8 Å². The van der Waals surface area contributed by atoms with Crippen molar-refractivity contribution >= 4 is 68.7 Å². The first-order valence-electron chi connectivity index (χ1n) is 19.9. The predicted molar refractivity (Wildman–Crippen MR) is 223 cm³/mol. The molecule has 6 heterocycles. The number of benzene rings is 2. The number of amides is 3. The van der Waals surface area contributed by atoms with Gasteiger partial charge in [-0.15, -0.1) is 5.10 Å². The fourth-order valence-corrected chi connectivity index (χ4v) is 9.55. The lowest BCUT2D eigenvalue weighted by Crippen LogP contribution is -2.49. The molecule has 3 amide bonds. The van der Waals surface area contributed by atoms with E-state index in [0.717, 1.165) is 62.4 Å². The van der Waals surface area contributed by atoms with Gasteiger partial charge in [-0.3, -0.25) is 19.7 Å². The third kappa shape index (κ3) is 8.26. The Morgan fingerprint density at radius 1 is 1.12 bits per heavy atom. The summed E-state index contributed by atoms with van der Waals surface area (Å²) < 4.78 is 40.5. The van der Waals surface area contributed by atoms with Gasteiger partial charge in [-0.2, -0.15) is 14.6 Å². The van der Waals surface area contributed by atoms with E-state index in [-0.39, 0.29) is 30.1 Å². The summed E-state index contributed by atoms with van der Waals surface area (Å²) in [5, 5.41) is 22.9. The molecule has 310 valence electrons. The number of nitrogens with one attached hydrogen (secondary N) is 3. The van der Waals surface area contributed by atoms with Crippen molar-refractivity contribution in [2.24, 2.45) is 18.7 Å². The third-order valence-electron chi connectivity index (χ3n) is 11.2. The normalized spacial score (nSPS) is 19.4. The molecular weight excluding hydrogens is 778 g/mol. The molecule has 5 N–H and O–H groups in total. The highest BCUT2D eigenvalue weighted by atomic mass is 32.2. The van der Waals surface area contributed by atoms with Crippen molar-refractivity contribution in [1.82, 2.24) is 43.9 Å². The topological polar surface area (TPSA) is 205 Å². The molecule has 8 rings (SSSR count). The van der Waals surface area contributed by atoms with Crippen molar-refractivity contribution in [1.29, 1.82) is 5.41 Å². The van der Waals surface area contributed by atoms with Crippen LogP contribution in [0.4, 0.5) is 26.6 Å². The molecule has 2 aromatic carbocycles. The van der Waals surface area contributed by atoms with Gasteiger partial charge in [0.2, 0.25) is 17.5 Å². The molecule has 59 heavy (non-hydrogen) atoms. The standard InChI is InChI=1S/C40H48FN13O4S/c1-24(2)58-36-35(28(19-42)20-43)44-23-54-38(36)47-39(49-54)45-32-9-7-29(18-31(32)41)59(57)52-13-4-5-25(22-52)21-51-14-10-26(11-15-51)27-6-8-30-33(17-27)50(3)48-37(30)53-16-12-34(55)46-40(53)56/h6-9,17-20,23-26,42H,4-5,10-16,21-22,43H2,1-3H3,(H,45,49)(H,46,55,56)/b28-20+,42-19?. The second-order valence-electron chi connectivity index (χ2n) is 15.5. The van der Waals surface area contributed by atoms with E-state index in [2.05, 4.69) is 47.8 Å². The maximum atomic E-state index is 15.6. The lowest BCUT2D eigenvalue weighted by atomic mass is 9.88. The number of piperidine rings is 2. The second-order valence-corrected chi connectivity index (χ2v) is 17.0. The molecule has 0 spiro atoms. The molecule has 17 nitrogen and oxygen atoms in total. The molecule has 5 aromatic rings. The predicted octanol–water partition coefficient (Wildman–Crippen LogP) is 4.69.